The van der Waals surface area contributed by atoms with Crippen LogP contribution >= 0.6 is 0 Å². The Bertz CT molecular complexity index is 529. The van der Waals surface area contributed by atoms with Gasteiger partial charge in [0.25, 0.3) is 0 Å². The number of hydrogen-bond donors (Lipinski definition) is 0. The quantitative estimate of drug-likeness (QED) is 0.589. The van der Waals surface area contributed by atoms with Crippen molar-refractivity contribution in [2.75, 3.05) is 0 Å². The van der Waals surface area contributed by atoms with Gasteiger partial charge in [-0.1, -0.05) is 37.3 Å². The molecule has 1 aliphatic heterocycles. The van der Waals surface area contributed by atoms with E-state index in [1.165, 1.54) is 11.1 Å². The molecule has 0 saturated carbocycles. The average Bonchev–Trinajstić information content (AvgIpc) is 2.35. The standard InChI is InChI=1S/C15H13O/c1-2-11-7-5-9-15-13(11)10-12-6-3-4-8-14(12)16-15/h3-10H,2H2,1H3. The van der Waals surface area contributed by atoms with Crippen LogP contribution in [0.5, 0.6) is 11.5 Å². The summed E-state index contributed by atoms with van der Waals surface area (Å²) in [7, 11) is 0. The Morgan fingerprint density at radius 1 is 0.938 bits per heavy atom. The normalized spacial score (nSPS) is 12.6. The molecule has 0 atom stereocenters. The van der Waals surface area contributed by atoms with Crippen LogP contribution < -0.4 is 4.74 Å². The minimum absolute atomic E-state index is 0.947. The number of rotatable bonds is 1. The van der Waals surface area contributed by atoms with Gasteiger partial charge < -0.3 is 4.74 Å². The lowest BCUT2D eigenvalue weighted by molar-refractivity contribution is 0.468. The van der Waals surface area contributed by atoms with Gasteiger partial charge in [0, 0.05) is 17.5 Å². The summed E-state index contributed by atoms with van der Waals surface area (Å²) in [4.78, 5) is 0. The second-order valence-corrected chi connectivity index (χ2v) is 3.97. The molecule has 0 bridgehead atoms. The van der Waals surface area contributed by atoms with E-state index in [9.17, 15) is 0 Å². The van der Waals surface area contributed by atoms with Crippen LogP contribution in [0.4, 0.5) is 0 Å². The smallest absolute Gasteiger partial charge is 0.131 e. The molecule has 0 N–H and O–H groups in total. The van der Waals surface area contributed by atoms with Crippen LogP contribution in [0.1, 0.15) is 23.6 Å². The van der Waals surface area contributed by atoms with Crippen LogP contribution in [0.2, 0.25) is 0 Å². The fourth-order valence-electron chi connectivity index (χ4n) is 2.12. The first kappa shape index (κ1) is 9.46. The fraction of sp³-hybridized carbons (Fsp3) is 0.133. The van der Waals surface area contributed by atoms with Crippen LogP contribution in [-0.4, -0.2) is 0 Å². The first-order valence-corrected chi connectivity index (χ1v) is 5.62. The summed E-state index contributed by atoms with van der Waals surface area (Å²) in [5.41, 5.74) is 3.73. The molecular weight excluding hydrogens is 196 g/mol. The Labute approximate surface area is 95.7 Å². The van der Waals surface area contributed by atoms with E-state index in [-0.39, 0.29) is 0 Å². The minimum Gasteiger partial charge on any atom is -0.457 e. The maximum Gasteiger partial charge on any atom is 0.131 e. The lowest BCUT2D eigenvalue weighted by atomic mass is 9.95. The first-order valence-electron chi connectivity index (χ1n) is 5.62. The van der Waals surface area contributed by atoms with Gasteiger partial charge in [-0.15, -0.1) is 0 Å². The van der Waals surface area contributed by atoms with Crippen molar-refractivity contribution < 1.29 is 4.74 Å². The molecule has 1 nitrogen and oxygen atoms in total. The Morgan fingerprint density at radius 2 is 1.75 bits per heavy atom. The summed E-state index contributed by atoms with van der Waals surface area (Å²) in [5.74, 6) is 1.92. The summed E-state index contributed by atoms with van der Waals surface area (Å²) in [6.45, 7) is 2.17. The second kappa shape index (κ2) is 3.67. The van der Waals surface area contributed by atoms with Crippen molar-refractivity contribution in [2.24, 2.45) is 0 Å². The molecule has 0 aliphatic carbocycles. The molecule has 0 saturated heterocycles. The topological polar surface area (TPSA) is 9.23 Å². The van der Waals surface area contributed by atoms with E-state index in [1.807, 2.05) is 24.3 Å². The molecule has 1 heterocycles. The Kier molecular flexibility index (Phi) is 2.17. The van der Waals surface area contributed by atoms with Crippen molar-refractivity contribution in [3.63, 3.8) is 0 Å². The third-order valence-corrected chi connectivity index (χ3v) is 2.98. The fourth-order valence-corrected chi connectivity index (χ4v) is 2.12. The first-order chi connectivity index (χ1) is 7.88. The molecule has 1 heteroatoms. The summed E-state index contributed by atoms with van der Waals surface area (Å²) in [6, 6.07) is 14.4. The highest BCUT2D eigenvalue weighted by molar-refractivity contribution is 5.59. The van der Waals surface area contributed by atoms with Crippen LogP contribution in [-0.2, 0) is 6.42 Å². The van der Waals surface area contributed by atoms with E-state index in [4.69, 9.17) is 4.74 Å². The molecule has 0 spiro atoms. The highest BCUT2D eigenvalue weighted by Gasteiger charge is 2.18. The molecule has 2 aromatic carbocycles. The second-order valence-electron chi connectivity index (χ2n) is 3.97. The molecule has 0 unspecified atom stereocenters. The van der Waals surface area contributed by atoms with Crippen LogP contribution in [0, 0.1) is 6.42 Å². The number of aryl methyl sites for hydroxylation is 1. The van der Waals surface area contributed by atoms with Crippen LogP contribution in [0.3, 0.4) is 0 Å². The monoisotopic (exact) mass is 209 g/mol. The Hall–Kier alpha value is -1.76. The molecule has 16 heavy (non-hydrogen) atoms. The number of benzene rings is 2. The number of ether oxygens (including phenoxy) is 1. The van der Waals surface area contributed by atoms with Crippen molar-refractivity contribution in [3.05, 3.63) is 65.6 Å². The molecule has 1 radical (unpaired) electrons. The highest BCUT2D eigenvalue weighted by Crippen LogP contribution is 2.38. The zero-order valence-corrected chi connectivity index (χ0v) is 9.23. The van der Waals surface area contributed by atoms with E-state index < -0.39 is 0 Å². The van der Waals surface area contributed by atoms with Crippen molar-refractivity contribution in [2.45, 2.75) is 13.3 Å². The van der Waals surface area contributed by atoms with Crippen molar-refractivity contribution in [1.82, 2.24) is 0 Å². The summed E-state index contributed by atoms with van der Waals surface area (Å²) >= 11 is 0. The van der Waals surface area contributed by atoms with Crippen molar-refractivity contribution in [3.8, 4) is 11.5 Å². The molecule has 0 fully saturated rings. The SMILES string of the molecule is CCc1cccc2c1[CH]c1ccccc1O2. The summed E-state index contributed by atoms with van der Waals surface area (Å²) in [6.07, 6.45) is 3.25. The van der Waals surface area contributed by atoms with Gasteiger partial charge in [0.15, 0.2) is 0 Å². The molecule has 1 aliphatic rings. The lowest BCUT2D eigenvalue weighted by Crippen LogP contribution is -2.03. The Balaban J connectivity index is 2.12. The van der Waals surface area contributed by atoms with Gasteiger partial charge in [0.2, 0.25) is 0 Å². The highest BCUT2D eigenvalue weighted by atomic mass is 16.5. The van der Waals surface area contributed by atoms with E-state index in [0.717, 1.165) is 23.5 Å². The Morgan fingerprint density at radius 3 is 2.62 bits per heavy atom. The van der Waals surface area contributed by atoms with E-state index >= 15 is 0 Å². The van der Waals surface area contributed by atoms with E-state index in [1.54, 1.807) is 0 Å². The number of para-hydroxylation sites is 1. The molecule has 2 aromatic rings. The maximum atomic E-state index is 5.89. The van der Waals surface area contributed by atoms with Gasteiger partial charge >= 0.3 is 0 Å². The van der Waals surface area contributed by atoms with Gasteiger partial charge in [-0.3, -0.25) is 0 Å². The molecular formula is C15H13O. The third kappa shape index (κ3) is 1.40. The van der Waals surface area contributed by atoms with Crippen molar-refractivity contribution >= 4 is 0 Å². The lowest BCUT2D eigenvalue weighted by Gasteiger charge is -2.21. The number of fused-ring (bicyclic) bond motifs is 2. The van der Waals surface area contributed by atoms with Gasteiger partial charge in [-0.25, -0.2) is 0 Å². The zero-order chi connectivity index (χ0) is 11.0. The molecule has 79 valence electrons. The average molecular weight is 209 g/mol. The molecule has 0 amide bonds. The van der Waals surface area contributed by atoms with Crippen LogP contribution in [0.15, 0.2) is 42.5 Å². The summed E-state index contributed by atoms with van der Waals surface area (Å²) < 4.78 is 5.89. The van der Waals surface area contributed by atoms with E-state index in [0.29, 0.717) is 0 Å². The summed E-state index contributed by atoms with van der Waals surface area (Å²) in [5, 5.41) is 0. The van der Waals surface area contributed by atoms with Crippen molar-refractivity contribution in [1.29, 1.82) is 0 Å². The van der Waals surface area contributed by atoms with Gasteiger partial charge in [0.05, 0.1) is 0 Å². The predicted octanol–water partition coefficient (Wildman–Crippen LogP) is 3.96. The van der Waals surface area contributed by atoms with Gasteiger partial charge in [-0.2, -0.15) is 0 Å². The largest absolute Gasteiger partial charge is 0.457 e. The van der Waals surface area contributed by atoms with Crippen LogP contribution in [0.25, 0.3) is 0 Å². The number of hydrogen-bond acceptors (Lipinski definition) is 1. The predicted molar refractivity (Wildman–Crippen MR) is 64.8 cm³/mol. The maximum absolute atomic E-state index is 5.89. The zero-order valence-electron chi connectivity index (χ0n) is 9.23. The van der Waals surface area contributed by atoms with E-state index in [2.05, 4.69) is 31.5 Å². The molecule has 0 aromatic heterocycles. The minimum atomic E-state index is 0.947. The van der Waals surface area contributed by atoms with Gasteiger partial charge in [-0.05, 0) is 24.1 Å². The molecule has 3 rings (SSSR count). The van der Waals surface area contributed by atoms with Gasteiger partial charge in [0.1, 0.15) is 11.5 Å². The third-order valence-electron chi connectivity index (χ3n) is 2.98.